The van der Waals surface area contributed by atoms with E-state index in [1.807, 2.05) is 0 Å². The second-order valence-electron chi connectivity index (χ2n) is 3.12. The predicted molar refractivity (Wildman–Crippen MR) is 56.0 cm³/mol. The van der Waals surface area contributed by atoms with E-state index in [9.17, 15) is 13.9 Å². The minimum absolute atomic E-state index is 0.164. The van der Waals surface area contributed by atoms with Crippen molar-refractivity contribution in [2.75, 3.05) is 7.11 Å². The van der Waals surface area contributed by atoms with Gasteiger partial charge in [-0.15, -0.1) is 0 Å². The van der Waals surface area contributed by atoms with Crippen LogP contribution < -0.4 is 0 Å². The summed E-state index contributed by atoms with van der Waals surface area (Å²) in [5, 5.41) is 9.25. The van der Waals surface area contributed by atoms with Crippen LogP contribution in [0.15, 0.2) is 24.3 Å². The molecule has 0 fully saturated rings. The van der Waals surface area contributed by atoms with E-state index in [4.69, 9.17) is 4.74 Å². The number of benzene rings is 1. The largest absolute Gasteiger partial charge is 0.381 e. The smallest absolute Gasteiger partial charge is 0.330 e. The van der Waals surface area contributed by atoms with Crippen molar-refractivity contribution in [2.24, 2.45) is 0 Å². The molecule has 0 amide bonds. The maximum Gasteiger partial charge on any atom is 0.330 e. The molecule has 0 radical (unpaired) electrons. The first kappa shape index (κ1) is 12.5. The van der Waals surface area contributed by atoms with Crippen LogP contribution in [-0.4, -0.2) is 17.0 Å². The molecule has 84 valence electrons. The van der Waals surface area contributed by atoms with Gasteiger partial charge in [0.25, 0.3) is 0 Å². The average molecular weight is 281 g/mol. The van der Waals surface area contributed by atoms with Crippen LogP contribution in [0.1, 0.15) is 17.2 Å². The lowest BCUT2D eigenvalue weighted by Crippen LogP contribution is -2.18. The SMILES string of the molecule is COCc1ccc(C(O)C(F)(F)Br)cc1. The zero-order valence-electron chi connectivity index (χ0n) is 8.08. The molecule has 0 bridgehead atoms. The number of halogens is 3. The van der Waals surface area contributed by atoms with Crippen molar-refractivity contribution in [3.63, 3.8) is 0 Å². The van der Waals surface area contributed by atoms with E-state index < -0.39 is 10.9 Å². The van der Waals surface area contributed by atoms with Gasteiger partial charge in [0.2, 0.25) is 0 Å². The highest BCUT2D eigenvalue weighted by molar-refractivity contribution is 9.10. The minimum Gasteiger partial charge on any atom is -0.381 e. The van der Waals surface area contributed by atoms with Gasteiger partial charge in [-0.05, 0) is 27.1 Å². The molecule has 1 atom stereocenters. The zero-order valence-corrected chi connectivity index (χ0v) is 9.67. The van der Waals surface area contributed by atoms with Crippen molar-refractivity contribution < 1.29 is 18.6 Å². The Kier molecular flexibility index (Phi) is 4.19. The molecule has 0 saturated heterocycles. The maximum atomic E-state index is 12.7. The molecule has 1 rings (SSSR count). The number of hydrogen-bond acceptors (Lipinski definition) is 2. The summed E-state index contributed by atoms with van der Waals surface area (Å²) in [4.78, 5) is -3.31. The number of aliphatic hydroxyl groups excluding tert-OH is 1. The molecule has 0 aliphatic heterocycles. The number of methoxy groups -OCH3 is 1. The Morgan fingerprint density at radius 3 is 2.33 bits per heavy atom. The average Bonchev–Trinajstić information content (AvgIpc) is 2.17. The Morgan fingerprint density at radius 1 is 1.40 bits per heavy atom. The molecule has 0 aliphatic carbocycles. The second kappa shape index (κ2) is 5.01. The fraction of sp³-hybridized carbons (Fsp3) is 0.400. The summed E-state index contributed by atoms with van der Waals surface area (Å²) in [5.41, 5.74) is 1.03. The Labute approximate surface area is 95.0 Å². The van der Waals surface area contributed by atoms with Crippen molar-refractivity contribution in [3.05, 3.63) is 35.4 Å². The van der Waals surface area contributed by atoms with E-state index in [0.29, 0.717) is 6.61 Å². The van der Waals surface area contributed by atoms with Crippen LogP contribution in [0.4, 0.5) is 8.78 Å². The molecular formula is C10H11BrF2O2. The van der Waals surface area contributed by atoms with Crippen molar-refractivity contribution in [3.8, 4) is 0 Å². The van der Waals surface area contributed by atoms with Crippen LogP contribution in [-0.2, 0) is 11.3 Å². The third-order valence-electron chi connectivity index (χ3n) is 1.92. The van der Waals surface area contributed by atoms with Crippen LogP contribution in [0.25, 0.3) is 0 Å². The highest BCUT2D eigenvalue weighted by atomic mass is 79.9. The minimum atomic E-state index is -3.31. The van der Waals surface area contributed by atoms with Crippen LogP contribution in [0.2, 0.25) is 0 Å². The van der Waals surface area contributed by atoms with Crippen molar-refractivity contribution in [2.45, 2.75) is 17.5 Å². The highest BCUT2D eigenvalue weighted by Gasteiger charge is 2.35. The van der Waals surface area contributed by atoms with Gasteiger partial charge in [0.05, 0.1) is 6.61 Å². The zero-order chi connectivity index (χ0) is 11.5. The Hall–Kier alpha value is -0.520. The summed E-state index contributed by atoms with van der Waals surface area (Å²) in [5.74, 6) is 0. The van der Waals surface area contributed by atoms with E-state index in [-0.39, 0.29) is 5.56 Å². The summed E-state index contributed by atoms with van der Waals surface area (Å²) >= 11 is 2.12. The molecule has 1 N–H and O–H groups in total. The predicted octanol–water partition coefficient (Wildman–Crippen LogP) is 2.85. The fourth-order valence-corrected chi connectivity index (χ4v) is 1.42. The maximum absolute atomic E-state index is 12.7. The lowest BCUT2D eigenvalue weighted by atomic mass is 10.1. The first-order valence-corrected chi connectivity index (χ1v) is 5.07. The molecule has 0 aliphatic rings. The third-order valence-corrected chi connectivity index (χ3v) is 2.35. The second-order valence-corrected chi connectivity index (χ2v) is 4.18. The Bertz CT molecular complexity index is 308. The molecule has 1 unspecified atom stereocenters. The standard InChI is InChI=1S/C10H11BrF2O2/c1-15-6-7-2-4-8(5-3-7)9(14)10(11,12)13/h2-5,9,14H,6H2,1H3. The molecular weight excluding hydrogens is 270 g/mol. The van der Waals surface area contributed by atoms with Gasteiger partial charge in [0.1, 0.15) is 0 Å². The highest BCUT2D eigenvalue weighted by Crippen LogP contribution is 2.36. The first-order chi connectivity index (χ1) is 6.95. The monoisotopic (exact) mass is 280 g/mol. The van der Waals surface area contributed by atoms with Gasteiger partial charge in [-0.2, -0.15) is 8.78 Å². The molecule has 1 aromatic rings. The lowest BCUT2D eigenvalue weighted by molar-refractivity contribution is -0.0294. The third kappa shape index (κ3) is 3.52. The van der Waals surface area contributed by atoms with Crippen LogP contribution >= 0.6 is 15.9 Å². The van der Waals surface area contributed by atoms with Crippen molar-refractivity contribution in [1.29, 1.82) is 0 Å². The van der Waals surface area contributed by atoms with Crippen molar-refractivity contribution >= 4 is 15.9 Å². The number of hydrogen-bond donors (Lipinski definition) is 1. The van der Waals surface area contributed by atoms with Gasteiger partial charge in [-0.3, -0.25) is 0 Å². The molecule has 5 heteroatoms. The van der Waals surface area contributed by atoms with Gasteiger partial charge < -0.3 is 9.84 Å². The normalized spacial score (nSPS) is 13.9. The Balaban J connectivity index is 2.80. The van der Waals surface area contributed by atoms with Crippen molar-refractivity contribution in [1.82, 2.24) is 0 Å². The topological polar surface area (TPSA) is 29.5 Å². The first-order valence-electron chi connectivity index (χ1n) is 4.27. The van der Waals surface area contributed by atoms with Gasteiger partial charge in [-0.1, -0.05) is 24.3 Å². The van der Waals surface area contributed by atoms with Gasteiger partial charge in [-0.25, -0.2) is 0 Å². The fourth-order valence-electron chi connectivity index (χ4n) is 1.15. The molecule has 2 nitrogen and oxygen atoms in total. The summed E-state index contributed by atoms with van der Waals surface area (Å²) in [6.07, 6.45) is -1.84. The van der Waals surface area contributed by atoms with Gasteiger partial charge in [0, 0.05) is 7.11 Å². The molecule has 1 aromatic carbocycles. The van der Waals surface area contributed by atoms with E-state index in [2.05, 4.69) is 15.9 Å². The van der Waals surface area contributed by atoms with Gasteiger partial charge >= 0.3 is 4.83 Å². The number of alkyl halides is 3. The molecule has 0 saturated carbocycles. The number of aliphatic hydroxyl groups is 1. The summed E-state index contributed by atoms with van der Waals surface area (Å²) in [7, 11) is 1.55. The Morgan fingerprint density at radius 2 is 1.93 bits per heavy atom. The summed E-state index contributed by atoms with van der Waals surface area (Å²) < 4.78 is 30.3. The lowest BCUT2D eigenvalue weighted by Gasteiger charge is -2.16. The number of rotatable bonds is 4. The quantitative estimate of drug-likeness (QED) is 0.860. The van der Waals surface area contributed by atoms with E-state index >= 15 is 0 Å². The van der Waals surface area contributed by atoms with Crippen LogP contribution in [0.3, 0.4) is 0 Å². The van der Waals surface area contributed by atoms with Gasteiger partial charge in [0.15, 0.2) is 6.10 Å². The molecule has 0 heterocycles. The number of ether oxygens (including phenoxy) is 1. The van der Waals surface area contributed by atoms with E-state index in [0.717, 1.165) is 5.56 Å². The molecule has 0 spiro atoms. The van der Waals surface area contributed by atoms with Crippen LogP contribution in [0.5, 0.6) is 0 Å². The molecule has 0 aromatic heterocycles. The van der Waals surface area contributed by atoms with E-state index in [1.54, 1.807) is 19.2 Å². The summed E-state index contributed by atoms with van der Waals surface area (Å²) in [6, 6.07) is 6.18. The molecule has 15 heavy (non-hydrogen) atoms. The summed E-state index contributed by atoms with van der Waals surface area (Å²) in [6.45, 7) is 0.418. The van der Waals surface area contributed by atoms with E-state index in [1.165, 1.54) is 12.1 Å². The van der Waals surface area contributed by atoms with Crippen LogP contribution in [0, 0.1) is 0 Å².